The Hall–Kier alpha value is -1.35. The molecule has 0 N–H and O–H groups in total. The third-order valence-corrected chi connectivity index (χ3v) is 5.37. The quantitative estimate of drug-likeness (QED) is 0.451. The lowest BCUT2D eigenvalue weighted by molar-refractivity contribution is -0.769. The molecule has 0 unspecified atom stereocenters. The first-order chi connectivity index (χ1) is 10.1. The Labute approximate surface area is 124 Å². The van der Waals surface area contributed by atoms with Crippen molar-refractivity contribution < 1.29 is 24.0 Å². The highest BCUT2D eigenvalue weighted by molar-refractivity contribution is 7.91. The molecule has 7 nitrogen and oxygen atoms in total. The molecule has 21 heavy (non-hydrogen) atoms. The van der Waals surface area contributed by atoms with Crippen LogP contribution >= 0.6 is 0 Å². The fraction of sp³-hybridized carbons (Fsp3) is 0.538. The second-order valence-electron chi connectivity index (χ2n) is 5.01. The van der Waals surface area contributed by atoms with Crippen LogP contribution in [0.5, 0.6) is 0 Å². The van der Waals surface area contributed by atoms with Gasteiger partial charge in [-0.3, -0.25) is 0 Å². The molecule has 0 aliphatic carbocycles. The van der Waals surface area contributed by atoms with Gasteiger partial charge in [0.05, 0.1) is 13.2 Å². The smallest absolute Gasteiger partial charge is 0.294 e. The Balaban J connectivity index is 1.62. The van der Waals surface area contributed by atoms with Gasteiger partial charge in [-0.1, -0.05) is 30.3 Å². The summed E-state index contributed by atoms with van der Waals surface area (Å²) in [6.07, 6.45) is -1.65. The second kappa shape index (κ2) is 6.18. The summed E-state index contributed by atoms with van der Waals surface area (Å²) in [7, 11) is 0. The molecule has 1 aromatic carbocycles. The zero-order valence-electron chi connectivity index (χ0n) is 11.1. The normalized spacial score (nSPS) is 32.6. The van der Waals surface area contributed by atoms with Crippen LogP contribution in [0.15, 0.2) is 30.3 Å². The molecule has 2 saturated heterocycles. The zero-order valence-corrected chi connectivity index (χ0v) is 11.9. The Bertz CT molecular complexity index is 501. The maximum absolute atomic E-state index is 12.5. The number of hydrogen-bond acceptors (Lipinski definition) is 6. The summed E-state index contributed by atoms with van der Waals surface area (Å²) in [4.78, 5) is 15.0. The van der Waals surface area contributed by atoms with Gasteiger partial charge in [-0.25, -0.2) is 0 Å². The Kier molecular flexibility index (Phi) is 4.29. The van der Waals surface area contributed by atoms with Crippen LogP contribution in [0.4, 0.5) is 0 Å². The lowest BCUT2D eigenvalue weighted by Gasteiger charge is -2.20. The molecule has 0 amide bonds. The third kappa shape index (κ3) is 3.13. The van der Waals surface area contributed by atoms with E-state index in [1.54, 1.807) is 0 Å². The van der Waals surface area contributed by atoms with Gasteiger partial charge in [0.1, 0.15) is 18.0 Å². The van der Waals surface area contributed by atoms with Gasteiger partial charge in [-0.15, -0.1) is 10.1 Å². The number of nitrogens with zero attached hydrogens (tertiary/aromatic N) is 1. The van der Waals surface area contributed by atoms with Crippen LogP contribution in [-0.4, -0.2) is 46.4 Å². The van der Waals surface area contributed by atoms with Crippen LogP contribution in [0, 0.1) is 10.1 Å². The summed E-state index contributed by atoms with van der Waals surface area (Å²) in [5.41, 5.74) is 0.982. The first-order valence-corrected chi connectivity index (χ1v) is 7.99. The zero-order chi connectivity index (χ0) is 14.8. The molecule has 2 heterocycles. The number of benzene rings is 1. The topological polar surface area (TPSA) is 93.9 Å². The molecular weight excluding hydrogens is 298 g/mol. The largest absolute Gasteiger partial charge is 0.616 e. The molecule has 0 radical (unpaired) electrons. The van der Waals surface area contributed by atoms with E-state index in [1.807, 2.05) is 30.3 Å². The van der Waals surface area contributed by atoms with Crippen molar-refractivity contribution in [1.82, 2.24) is 0 Å². The van der Waals surface area contributed by atoms with Gasteiger partial charge < -0.3 is 18.9 Å². The Morgan fingerprint density at radius 3 is 2.67 bits per heavy atom. The number of ether oxygens (including phenoxy) is 2. The van der Waals surface area contributed by atoms with Gasteiger partial charge >= 0.3 is 0 Å². The van der Waals surface area contributed by atoms with Crippen LogP contribution in [0.25, 0.3) is 0 Å². The maximum Gasteiger partial charge on any atom is 0.294 e. The van der Waals surface area contributed by atoms with Gasteiger partial charge in [0.15, 0.2) is 11.4 Å². The van der Waals surface area contributed by atoms with E-state index in [1.165, 1.54) is 0 Å². The van der Waals surface area contributed by atoms with Gasteiger partial charge in [0.25, 0.3) is 5.09 Å². The monoisotopic (exact) mass is 313 g/mol. The molecule has 1 aromatic rings. The highest BCUT2D eigenvalue weighted by Crippen LogP contribution is 2.33. The van der Waals surface area contributed by atoms with Crippen molar-refractivity contribution in [3.05, 3.63) is 46.0 Å². The minimum absolute atomic E-state index is 0.0926. The fourth-order valence-electron chi connectivity index (χ4n) is 2.70. The first-order valence-electron chi connectivity index (χ1n) is 6.60. The van der Waals surface area contributed by atoms with Gasteiger partial charge in [-0.05, 0) is 11.2 Å². The van der Waals surface area contributed by atoms with Crippen LogP contribution in [-0.2, 0) is 31.2 Å². The summed E-state index contributed by atoms with van der Waals surface area (Å²) >= 11 is -1.16. The molecule has 0 aromatic heterocycles. The molecule has 3 rings (SSSR count). The summed E-state index contributed by atoms with van der Waals surface area (Å²) in [6.45, 7) is 0.363. The van der Waals surface area contributed by atoms with E-state index in [9.17, 15) is 14.7 Å². The molecule has 2 aliphatic heterocycles. The minimum atomic E-state index is -1.16. The van der Waals surface area contributed by atoms with Gasteiger partial charge in [-0.2, -0.15) is 0 Å². The number of fused-ring (bicyclic) bond motifs is 1. The molecule has 0 spiro atoms. The molecular formula is C13H15NO6S. The Morgan fingerprint density at radius 1 is 1.24 bits per heavy atom. The van der Waals surface area contributed by atoms with Crippen LogP contribution in [0.2, 0.25) is 0 Å². The van der Waals surface area contributed by atoms with Crippen LogP contribution in [0.1, 0.15) is 5.56 Å². The fourth-order valence-corrected chi connectivity index (χ4v) is 4.20. The van der Waals surface area contributed by atoms with Crippen molar-refractivity contribution in [3.63, 3.8) is 0 Å². The molecule has 114 valence electrons. The highest BCUT2D eigenvalue weighted by Gasteiger charge is 2.53. The molecule has 0 saturated carbocycles. The Morgan fingerprint density at radius 2 is 1.95 bits per heavy atom. The highest BCUT2D eigenvalue weighted by atomic mass is 32.2. The van der Waals surface area contributed by atoms with Crippen molar-refractivity contribution in [2.24, 2.45) is 0 Å². The summed E-state index contributed by atoms with van der Waals surface area (Å²) in [5, 5.41) is 9.29. The summed E-state index contributed by atoms with van der Waals surface area (Å²) in [6, 6.07) is 9.53. The van der Waals surface area contributed by atoms with Crippen LogP contribution in [0.3, 0.4) is 0 Å². The second-order valence-corrected chi connectivity index (χ2v) is 6.67. The summed E-state index contributed by atoms with van der Waals surface area (Å²) < 4.78 is 23.5. The van der Waals surface area contributed by atoms with E-state index < -0.39 is 34.6 Å². The predicted octanol–water partition coefficient (Wildman–Crippen LogP) is 0.678. The van der Waals surface area contributed by atoms with Crippen molar-refractivity contribution in [2.45, 2.75) is 29.3 Å². The molecule has 2 fully saturated rings. The third-order valence-electron chi connectivity index (χ3n) is 3.67. The number of hydrogen-bond donors (Lipinski definition) is 0. The van der Waals surface area contributed by atoms with Gasteiger partial charge in [0, 0.05) is 5.56 Å². The lowest BCUT2D eigenvalue weighted by Crippen LogP contribution is -2.38. The summed E-state index contributed by atoms with van der Waals surface area (Å²) in [5.74, 6) is 0.419. The molecule has 0 bridgehead atoms. The minimum Gasteiger partial charge on any atom is -0.616 e. The van der Waals surface area contributed by atoms with E-state index in [-0.39, 0.29) is 18.5 Å². The molecule has 8 heteroatoms. The van der Waals surface area contributed by atoms with E-state index >= 15 is 0 Å². The lowest BCUT2D eigenvalue weighted by atomic mass is 10.1. The SMILES string of the molecule is O=[N+]([O-])O[C@@H]1CO[C@H]2[C@@H]1OC[C@@H]2[S@+]([O-])Cc1ccccc1. The average molecular weight is 313 g/mol. The van der Waals surface area contributed by atoms with E-state index in [0.717, 1.165) is 5.56 Å². The van der Waals surface area contributed by atoms with Gasteiger partial charge in [0.2, 0.25) is 0 Å². The van der Waals surface area contributed by atoms with E-state index in [0.29, 0.717) is 5.75 Å². The average Bonchev–Trinajstić information content (AvgIpc) is 3.02. The number of rotatable bonds is 5. The van der Waals surface area contributed by atoms with Crippen molar-refractivity contribution in [1.29, 1.82) is 0 Å². The predicted molar refractivity (Wildman–Crippen MR) is 73.4 cm³/mol. The molecule has 2 aliphatic rings. The van der Waals surface area contributed by atoms with Crippen molar-refractivity contribution in [3.8, 4) is 0 Å². The van der Waals surface area contributed by atoms with Crippen LogP contribution < -0.4 is 0 Å². The first kappa shape index (κ1) is 14.6. The van der Waals surface area contributed by atoms with Crippen molar-refractivity contribution in [2.75, 3.05) is 13.2 Å². The van der Waals surface area contributed by atoms with E-state index in [2.05, 4.69) is 4.84 Å². The molecule has 5 atom stereocenters. The van der Waals surface area contributed by atoms with E-state index in [4.69, 9.17) is 9.47 Å². The maximum atomic E-state index is 12.5. The standard InChI is InChI=1S/C13H15NO6S/c15-14(16)20-10-6-18-13-11(7-19-12(10)13)21(17)8-9-4-2-1-3-5-9/h1-5,10-13H,6-8H2/t10-,11+,12-,13-,21-/m1/s1. The van der Waals surface area contributed by atoms with Crippen molar-refractivity contribution >= 4 is 11.2 Å².